The van der Waals surface area contributed by atoms with Crippen molar-refractivity contribution in [3.63, 3.8) is 0 Å². The van der Waals surface area contributed by atoms with Gasteiger partial charge in [-0.1, -0.05) is 12.1 Å². The van der Waals surface area contributed by atoms with Crippen LogP contribution in [-0.4, -0.2) is 17.8 Å². The van der Waals surface area contributed by atoms with Crippen LogP contribution in [0.3, 0.4) is 0 Å². The highest BCUT2D eigenvalue weighted by Crippen LogP contribution is 2.39. The number of anilines is 2. The lowest BCUT2D eigenvalue weighted by Gasteiger charge is -2.14. The Balaban J connectivity index is 2.07. The molecule has 4 amide bonds. The predicted molar refractivity (Wildman–Crippen MR) is 87.8 cm³/mol. The Labute approximate surface area is 136 Å². The highest BCUT2D eigenvalue weighted by Gasteiger charge is 2.28. The fourth-order valence-corrected chi connectivity index (χ4v) is 2.61. The Bertz CT molecular complexity index is 823. The van der Waals surface area contributed by atoms with Crippen LogP contribution in [0.2, 0.25) is 0 Å². The lowest BCUT2D eigenvalue weighted by Crippen LogP contribution is -2.41. The van der Waals surface area contributed by atoms with Gasteiger partial charge in [0.05, 0.1) is 11.4 Å². The van der Waals surface area contributed by atoms with Crippen molar-refractivity contribution >= 4 is 29.2 Å². The molecule has 0 aromatic heterocycles. The molecule has 0 atom stereocenters. The highest BCUT2D eigenvalue weighted by molar-refractivity contribution is 6.22. The van der Waals surface area contributed by atoms with E-state index in [1.807, 2.05) is 0 Å². The Morgan fingerprint density at radius 3 is 1.42 bits per heavy atom. The number of amides is 4. The molecule has 9 heteroatoms. The van der Waals surface area contributed by atoms with Gasteiger partial charge in [-0.25, -0.2) is 31.3 Å². The SMILES string of the molecule is NC(=O)N(N)c1ccc2c(c1)C(=O)c1cc(N(N)C(N)=O)ccc1-2. The Morgan fingerprint density at radius 1 is 0.708 bits per heavy atom. The van der Waals surface area contributed by atoms with Crippen LogP contribution in [0.15, 0.2) is 36.4 Å². The monoisotopic (exact) mass is 326 g/mol. The van der Waals surface area contributed by atoms with E-state index >= 15 is 0 Å². The van der Waals surface area contributed by atoms with Gasteiger partial charge in [0, 0.05) is 11.1 Å². The molecule has 122 valence electrons. The zero-order chi connectivity index (χ0) is 17.6. The second kappa shape index (κ2) is 5.33. The largest absolute Gasteiger partial charge is 0.350 e. The molecule has 0 heterocycles. The minimum atomic E-state index is -0.847. The fraction of sp³-hybridized carbons (Fsp3) is 0. The van der Waals surface area contributed by atoms with E-state index in [-0.39, 0.29) is 5.78 Å². The molecule has 9 nitrogen and oxygen atoms in total. The van der Waals surface area contributed by atoms with Crippen molar-refractivity contribution in [1.82, 2.24) is 0 Å². The predicted octanol–water partition coefficient (Wildman–Crippen LogP) is 0.416. The first-order chi connectivity index (χ1) is 11.3. The molecule has 0 bridgehead atoms. The summed E-state index contributed by atoms with van der Waals surface area (Å²) in [5.41, 5.74) is 13.0. The minimum absolute atomic E-state index is 0.278. The van der Waals surface area contributed by atoms with E-state index in [9.17, 15) is 14.4 Å². The third-order valence-electron chi connectivity index (χ3n) is 3.82. The number of hydrogen-bond donors (Lipinski definition) is 4. The molecule has 2 aromatic rings. The summed E-state index contributed by atoms with van der Waals surface area (Å²) in [6.45, 7) is 0. The summed E-state index contributed by atoms with van der Waals surface area (Å²) in [5, 5.41) is 1.49. The zero-order valence-electron chi connectivity index (χ0n) is 12.4. The van der Waals surface area contributed by atoms with Crippen molar-refractivity contribution in [2.45, 2.75) is 0 Å². The Hall–Kier alpha value is -3.43. The van der Waals surface area contributed by atoms with Crippen molar-refractivity contribution in [3.8, 4) is 11.1 Å². The van der Waals surface area contributed by atoms with Crippen molar-refractivity contribution in [3.05, 3.63) is 47.5 Å². The lowest BCUT2D eigenvalue weighted by molar-refractivity contribution is 0.104. The number of urea groups is 2. The standard InChI is InChI=1S/C15H14N6O3/c16-14(23)20(18)7-1-3-9-10-4-2-8(21(19)15(17)24)6-12(10)13(22)11(9)5-7/h1-6H,18-19H2,(H2,16,23)(H2,17,24). The average Bonchev–Trinajstić information content (AvgIpc) is 2.85. The van der Waals surface area contributed by atoms with Crippen LogP contribution in [0, 0.1) is 0 Å². The first-order valence-electron chi connectivity index (χ1n) is 6.83. The molecule has 1 aliphatic carbocycles. The van der Waals surface area contributed by atoms with E-state index in [4.69, 9.17) is 23.2 Å². The van der Waals surface area contributed by atoms with Gasteiger partial charge in [0.25, 0.3) is 0 Å². The zero-order valence-corrected chi connectivity index (χ0v) is 12.4. The maximum absolute atomic E-state index is 12.6. The first-order valence-corrected chi connectivity index (χ1v) is 6.83. The van der Waals surface area contributed by atoms with Crippen LogP contribution < -0.4 is 33.2 Å². The summed E-state index contributed by atoms with van der Waals surface area (Å²) in [5.74, 6) is 10.8. The number of primary amides is 2. The molecular weight excluding hydrogens is 312 g/mol. The number of fused-ring (bicyclic) bond motifs is 3. The van der Waals surface area contributed by atoms with Gasteiger partial charge in [-0.3, -0.25) is 4.79 Å². The second-order valence-corrected chi connectivity index (χ2v) is 5.21. The molecule has 0 saturated heterocycles. The number of nitrogens with two attached hydrogens (primary N) is 4. The van der Waals surface area contributed by atoms with Crippen LogP contribution in [0.5, 0.6) is 0 Å². The molecule has 8 N–H and O–H groups in total. The van der Waals surface area contributed by atoms with Gasteiger partial charge in [0.15, 0.2) is 5.78 Å². The maximum atomic E-state index is 12.6. The van der Waals surface area contributed by atoms with Crippen LogP contribution in [0.25, 0.3) is 11.1 Å². The van der Waals surface area contributed by atoms with Gasteiger partial charge in [0.2, 0.25) is 0 Å². The van der Waals surface area contributed by atoms with E-state index in [0.717, 1.165) is 10.0 Å². The van der Waals surface area contributed by atoms with Crippen LogP contribution in [-0.2, 0) is 0 Å². The molecule has 1 aliphatic rings. The summed E-state index contributed by atoms with van der Waals surface area (Å²) in [6.07, 6.45) is 0. The molecule has 0 aliphatic heterocycles. The molecule has 3 rings (SSSR count). The normalized spacial score (nSPS) is 11.7. The average molecular weight is 326 g/mol. The Morgan fingerprint density at radius 2 is 1.08 bits per heavy atom. The van der Waals surface area contributed by atoms with Gasteiger partial charge >= 0.3 is 12.1 Å². The fourth-order valence-electron chi connectivity index (χ4n) is 2.61. The number of carbonyl (C=O) groups is 3. The lowest BCUT2D eigenvalue weighted by atomic mass is 10.0. The number of carbonyl (C=O) groups excluding carboxylic acids is 3. The van der Waals surface area contributed by atoms with Gasteiger partial charge in [-0.2, -0.15) is 0 Å². The van der Waals surface area contributed by atoms with Crippen LogP contribution in [0.4, 0.5) is 21.0 Å². The van der Waals surface area contributed by atoms with Crippen molar-refractivity contribution in [2.24, 2.45) is 23.2 Å². The molecule has 24 heavy (non-hydrogen) atoms. The van der Waals surface area contributed by atoms with Gasteiger partial charge in [-0.15, -0.1) is 0 Å². The van der Waals surface area contributed by atoms with E-state index in [2.05, 4.69) is 0 Å². The van der Waals surface area contributed by atoms with E-state index in [1.54, 1.807) is 24.3 Å². The van der Waals surface area contributed by atoms with Gasteiger partial charge in [0.1, 0.15) is 0 Å². The smallest absolute Gasteiger partial charge is 0.333 e. The van der Waals surface area contributed by atoms with E-state index in [1.165, 1.54) is 12.1 Å². The summed E-state index contributed by atoms with van der Waals surface area (Å²) >= 11 is 0. The maximum Gasteiger partial charge on any atom is 0.333 e. The van der Waals surface area contributed by atoms with Crippen LogP contribution >= 0.6 is 0 Å². The summed E-state index contributed by atoms with van der Waals surface area (Å²) in [4.78, 5) is 34.9. The van der Waals surface area contributed by atoms with Gasteiger partial charge in [-0.05, 0) is 35.4 Å². The summed E-state index contributed by atoms with van der Waals surface area (Å²) < 4.78 is 0. The van der Waals surface area contributed by atoms with E-state index < -0.39 is 12.1 Å². The first kappa shape index (κ1) is 15.5. The van der Waals surface area contributed by atoms with Crippen LogP contribution in [0.1, 0.15) is 15.9 Å². The Kier molecular flexibility index (Phi) is 3.44. The molecule has 2 aromatic carbocycles. The van der Waals surface area contributed by atoms with E-state index in [0.29, 0.717) is 33.6 Å². The number of nitrogens with zero attached hydrogens (tertiary/aromatic N) is 2. The number of ketones is 1. The quantitative estimate of drug-likeness (QED) is 0.304. The molecule has 0 fully saturated rings. The number of rotatable bonds is 2. The van der Waals surface area contributed by atoms with Crippen molar-refractivity contribution in [2.75, 3.05) is 10.0 Å². The third-order valence-corrected chi connectivity index (χ3v) is 3.82. The van der Waals surface area contributed by atoms with Crippen molar-refractivity contribution in [1.29, 1.82) is 0 Å². The second-order valence-electron chi connectivity index (χ2n) is 5.21. The molecule has 0 saturated carbocycles. The summed E-state index contributed by atoms with van der Waals surface area (Å²) in [6, 6.07) is 7.78. The minimum Gasteiger partial charge on any atom is -0.350 e. The van der Waals surface area contributed by atoms with Crippen molar-refractivity contribution < 1.29 is 14.4 Å². The number of hydrogen-bond acceptors (Lipinski definition) is 5. The number of hydrazine groups is 2. The molecule has 0 radical (unpaired) electrons. The number of benzene rings is 2. The topological polar surface area (TPSA) is 162 Å². The molecule has 0 unspecified atom stereocenters. The molecular formula is C15H14N6O3. The highest BCUT2D eigenvalue weighted by atomic mass is 16.2. The summed E-state index contributed by atoms with van der Waals surface area (Å²) in [7, 11) is 0. The molecule has 0 spiro atoms. The third kappa shape index (κ3) is 2.24. The van der Waals surface area contributed by atoms with Gasteiger partial charge < -0.3 is 11.5 Å².